The number of hydrogen-bond acceptors (Lipinski definition) is 3. The van der Waals surface area contributed by atoms with Crippen molar-refractivity contribution in [3.63, 3.8) is 0 Å². The molecule has 1 heterocycles. The summed E-state index contributed by atoms with van der Waals surface area (Å²) in [6.07, 6.45) is 1.01. The number of hydrogen-bond donors (Lipinski definition) is 1. The number of benzene rings is 1. The number of rotatable bonds is 6. The topological polar surface area (TPSA) is 29.3 Å². The van der Waals surface area contributed by atoms with Gasteiger partial charge in [0.25, 0.3) is 0 Å². The Labute approximate surface area is 131 Å². The Morgan fingerprint density at radius 2 is 2.20 bits per heavy atom. The number of nitrogens with two attached hydrogens (primary N) is 1. The van der Waals surface area contributed by atoms with E-state index in [-0.39, 0.29) is 11.9 Å². The fraction of sp³-hybridized carbons (Fsp3) is 0.333. The van der Waals surface area contributed by atoms with E-state index in [9.17, 15) is 4.39 Å². The van der Waals surface area contributed by atoms with Crippen LogP contribution < -0.4 is 5.73 Å². The van der Waals surface area contributed by atoms with Crippen LogP contribution in [0, 0.1) is 5.82 Å². The van der Waals surface area contributed by atoms with Gasteiger partial charge in [0.2, 0.25) is 0 Å². The highest BCUT2D eigenvalue weighted by molar-refractivity contribution is 9.10. The second-order valence-electron chi connectivity index (χ2n) is 4.74. The van der Waals surface area contributed by atoms with E-state index in [0.717, 1.165) is 18.5 Å². The lowest BCUT2D eigenvalue weighted by Gasteiger charge is -2.27. The number of likely N-dealkylation sites (N-methyl/N-ethyl adjacent to an activating group) is 1. The molecule has 2 N–H and O–H groups in total. The van der Waals surface area contributed by atoms with E-state index in [2.05, 4.69) is 45.4 Å². The molecular formula is C15H18BrFN2S. The van der Waals surface area contributed by atoms with Gasteiger partial charge in [-0.2, -0.15) is 0 Å². The van der Waals surface area contributed by atoms with Gasteiger partial charge < -0.3 is 5.73 Å². The Bertz CT molecular complexity index is 545. The van der Waals surface area contributed by atoms with Crippen LogP contribution in [0.3, 0.4) is 0 Å². The maximum atomic E-state index is 13.3. The largest absolute Gasteiger partial charge is 0.329 e. The standard InChI is InChI=1S/C15H18BrFN2S/c1-19(7-6-12-3-2-8-20-12)15(10-18)11-4-5-14(17)13(16)9-11/h2-5,8-9,15H,6-7,10,18H2,1H3. The minimum atomic E-state index is -0.245. The van der Waals surface area contributed by atoms with Crippen LogP contribution in [0.25, 0.3) is 0 Å². The summed E-state index contributed by atoms with van der Waals surface area (Å²) in [6, 6.07) is 9.41. The van der Waals surface area contributed by atoms with Gasteiger partial charge in [0.15, 0.2) is 0 Å². The van der Waals surface area contributed by atoms with Gasteiger partial charge in [-0.1, -0.05) is 12.1 Å². The Kier molecular flexibility index (Phi) is 5.72. The summed E-state index contributed by atoms with van der Waals surface area (Å²) in [6.45, 7) is 1.44. The summed E-state index contributed by atoms with van der Waals surface area (Å²) in [5, 5.41) is 2.09. The van der Waals surface area contributed by atoms with Gasteiger partial charge in [0, 0.05) is 24.0 Å². The van der Waals surface area contributed by atoms with E-state index in [1.807, 2.05) is 6.07 Å². The predicted molar refractivity (Wildman–Crippen MR) is 86.5 cm³/mol. The van der Waals surface area contributed by atoms with Gasteiger partial charge in [-0.05, 0) is 58.5 Å². The first kappa shape index (κ1) is 15.6. The molecule has 20 heavy (non-hydrogen) atoms. The summed E-state index contributed by atoms with van der Waals surface area (Å²) in [5.41, 5.74) is 6.93. The molecule has 5 heteroatoms. The number of halogens is 2. The summed E-state index contributed by atoms with van der Waals surface area (Å²) >= 11 is 5.00. The average molecular weight is 357 g/mol. The predicted octanol–water partition coefficient (Wildman–Crippen LogP) is 3.82. The van der Waals surface area contributed by atoms with Crippen LogP contribution in [0.2, 0.25) is 0 Å². The molecule has 0 aliphatic rings. The summed E-state index contributed by atoms with van der Waals surface area (Å²) in [4.78, 5) is 3.59. The molecule has 2 rings (SSSR count). The van der Waals surface area contributed by atoms with Gasteiger partial charge in [-0.25, -0.2) is 4.39 Å². The molecule has 0 saturated heterocycles. The van der Waals surface area contributed by atoms with Crippen LogP contribution in [0.15, 0.2) is 40.2 Å². The van der Waals surface area contributed by atoms with Crippen LogP contribution in [-0.2, 0) is 6.42 Å². The fourth-order valence-electron chi connectivity index (χ4n) is 2.19. The molecule has 0 fully saturated rings. The Morgan fingerprint density at radius 3 is 2.80 bits per heavy atom. The normalized spacial score (nSPS) is 12.8. The van der Waals surface area contributed by atoms with E-state index in [1.165, 1.54) is 10.9 Å². The van der Waals surface area contributed by atoms with Gasteiger partial charge >= 0.3 is 0 Å². The van der Waals surface area contributed by atoms with Crippen LogP contribution in [-0.4, -0.2) is 25.0 Å². The minimum Gasteiger partial charge on any atom is -0.329 e. The average Bonchev–Trinajstić information content (AvgIpc) is 2.94. The van der Waals surface area contributed by atoms with Gasteiger partial charge in [-0.15, -0.1) is 11.3 Å². The van der Waals surface area contributed by atoms with E-state index < -0.39 is 0 Å². The molecule has 2 aromatic rings. The van der Waals surface area contributed by atoms with E-state index in [4.69, 9.17) is 5.73 Å². The highest BCUT2D eigenvalue weighted by atomic mass is 79.9. The van der Waals surface area contributed by atoms with Crippen molar-refractivity contribution in [1.29, 1.82) is 0 Å². The maximum Gasteiger partial charge on any atom is 0.137 e. The molecule has 0 spiro atoms. The maximum absolute atomic E-state index is 13.3. The first-order valence-corrected chi connectivity index (χ1v) is 8.16. The Morgan fingerprint density at radius 1 is 1.40 bits per heavy atom. The monoisotopic (exact) mass is 356 g/mol. The Hall–Kier alpha value is -0.750. The number of thiophene rings is 1. The Balaban J connectivity index is 2.04. The summed E-state index contributed by atoms with van der Waals surface area (Å²) in [5.74, 6) is -0.245. The van der Waals surface area contributed by atoms with Crippen LogP contribution in [0.4, 0.5) is 4.39 Å². The third-order valence-corrected chi connectivity index (χ3v) is 4.92. The molecule has 0 amide bonds. The van der Waals surface area contributed by atoms with Crippen molar-refractivity contribution in [2.75, 3.05) is 20.1 Å². The molecule has 108 valence electrons. The molecule has 1 aromatic carbocycles. The zero-order chi connectivity index (χ0) is 14.5. The molecule has 1 atom stereocenters. The molecule has 1 unspecified atom stereocenters. The summed E-state index contributed by atoms with van der Waals surface area (Å²) < 4.78 is 13.8. The highest BCUT2D eigenvalue weighted by Crippen LogP contribution is 2.24. The molecule has 0 aliphatic heterocycles. The molecule has 1 aromatic heterocycles. The van der Waals surface area contributed by atoms with Crippen molar-refractivity contribution < 1.29 is 4.39 Å². The van der Waals surface area contributed by atoms with Crippen molar-refractivity contribution in [3.8, 4) is 0 Å². The second-order valence-corrected chi connectivity index (χ2v) is 6.62. The van der Waals surface area contributed by atoms with Crippen molar-refractivity contribution in [2.24, 2.45) is 5.73 Å². The smallest absolute Gasteiger partial charge is 0.137 e. The number of nitrogens with zero attached hydrogens (tertiary/aromatic N) is 1. The third-order valence-electron chi connectivity index (χ3n) is 3.37. The molecule has 0 aliphatic carbocycles. The van der Waals surface area contributed by atoms with Crippen molar-refractivity contribution in [3.05, 3.63) is 56.4 Å². The molecule has 2 nitrogen and oxygen atoms in total. The SMILES string of the molecule is CN(CCc1cccs1)C(CN)c1ccc(F)c(Br)c1. The van der Waals surface area contributed by atoms with Crippen molar-refractivity contribution in [2.45, 2.75) is 12.5 Å². The van der Waals surface area contributed by atoms with E-state index in [0.29, 0.717) is 11.0 Å². The summed E-state index contributed by atoms with van der Waals surface area (Å²) in [7, 11) is 2.06. The van der Waals surface area contributed by atoms with Gasteiger partial charge in [0.1, 0.15) is 5.82 Å². The van der Waals surface area contributed by atoms with Crippen molar-refractivity contribution >= 4 is 27.3 Å². The molecular weight excluding hydrogens is 339 g/mol. The lowest BCUT2D eigenvalue weighted by Crippen LogP contribution is -2.32. The quantitative estimate of drug-likeness (QED) is 0.852. The zero-order valence-electron chi connectivity index (χ0n) is 11.4. The van der Waals surface area contributed by atoms with E-state index >= 15 is 0 Å². The van der Waals surface area contributed by atoms with Gasteiger partial charge in [-0.3, -0.25) is 4.90 Å². The first-order chi connectivity index (χ1) is 9.61. The lowest BCUT2D eigenvalue weighted by atomic mass is 10.1. The molecule has 0 saturated carbocycles. The van der Waals surface area contributed by atoms with Crippen LogP contribution >= 0.6 is 27.3 Å². The van der Waals surface area contributed by atoms with Gasteiger partial charge in [0.05, 0.1) is 4.47 Å². The minimum absolute atomic E-state index is 0.104. The highest BCUT2D eigenvalue weighted by Gasteiger charge is 2.16. The third kappa shape index (κ3) is 3.88. The molecule has 0 bridgehead atoms. The first-order valence-electron chi connectivity index (χ1n) is 6.49. The van der Waals surface area contributed by atoms with Crippen molar-refractivity contribution in [1.82, 2.24) is 4.90 Å². The zero-order valence-corrected chi connectivity index (χ0v) is 13.8. The fourth-order valence-corrected chi connectivity index (χ4v) is 3.28. The van der Waals surface area contributed by atoms with E-state index in [1.54, 1.807) is 17.4 Å². The van der Waals surface area contributed by atoms with Crippen LogP contribution in [0.5, 0.6) is 0 Å². The van der Waals surface area contributed by atoms with Crippen LogP contribution in [0.1, 0.15) is 16.5 Å². The molecule has 0 radical (unpaired) electrons. The second kappa shape index (κ2) is 7.31. The lowest BCUT2D eigenvalue weighted by molar-refractivity contribution is 0.253.